The van der Waals surface area contributed by atoms with Crippen LogP contribution < -0.4 is 0 Å². The van der Waals surface area contributed by atoms with Crippen molar-refractivity contribution in [3.05, 3.63) is 0 Å². The standard InChI is InChI=1S/C6H9IO3S/c1-11(9,10)6(7)5(8)4-2-3-4/h4,6H,2-3H2,1H3. The van der Waals surface area contributed by atoms with E-state index in [1.807, 2.05) is 0 Å². The third-order valence-corrected chi connectivity index (χ3v) is 5.95. The van der Waals surface area contributed by atoms with Gasteiger partial charge in [-0.05, 0) is 12.8 Å². The zero-order chi connectivity index (χ0) is 8.65. The largest absolute Gasteiger partial charge is 0.297 e. The Hall–Kier alpha value is 0.350. The van der Waals surface area contributed by atoms with E-state index in [1.165, 1.54) is 0 Å². The number of carbonyl (C=O) groups is 1. The monoisotopic (exact) mass is 288 g/mol. The molecule has 0 aliphatic heterocycles. The Morgan fingerprint density at radius 2 is 2.00 bits per heavy atom. The fourth-order valence-corrected chi connectivity index (χ4v) is 1.89. The van der Waals surface area contributed by atoms with E-state index < -0.39 is 13.1 Å². The molecule has 0 aromatic rings. The van der Waals surface area contributed by atoms with Crippen molar-refractivity contribution in [1.29, 1.82) is 0 Å². The summed E-state index contributed by atoms with van der Waals surface area (Å²) in [6.45, 7) is 0. The van der Waals surface area contributed by atoms with E-state index in [-0.39, 0.29) is 11.7 Å². The Morgan fingerprint density at radius 1 is 1.55 bits per heavy atom. The molecule has 0 heterocycles. The lowest BCUT2D eigenvalue weighted by Crippen LogP contribution is -2.24. The zero-order valence-electron chi connectivity index (χ0n) is 6.08. The highest BCUT2D eigenvalue weighted by atomic mass is 127. The second kappa shape index (κ2) is 3.01. The Morgan fingerprint density at radius 3 is 2.27 bits per heavy atom. The van der Waals surface area contributed by atoms with E-state index in [1.54, 1.807) is 22.6 Å². The molecule has 0 radical (unpaired) electrons. The van der Waals surface area contributed by atoms with Crippen molar-refractivity contribution in [2.45, 2.75) is 16.1 Å². The molecule has 1 saturated carbocycles. The van der Waals surface area contributed by atoms with Gasteiger partial charge in [0.1, 0.15) is 0 Å². The van der Waals surface area contributed by atoms with E-state index in [4.69, 9.17) is 0 Å². The van der Waals surface area contributed by atoms with Gasteiger partial charge in [-0.2, -0.15) is 0 Å². The van der Waals surface area contributed by atoms with Crippen molar-refractivity contribution in [3.8, 4) is 0 Å². The maximum absolute atomic E-state index is 11.2. The van der Waals surface area contributed by atoms with Crippen molar-refractivity contribution in [2.75, 3.05) is 6.26 Å². The molecule has 1 atom stereocenters. The first-order valence-electron chi connectivity index (χ1n) is 3.29. The molecule has 0 N–H and O–H groups in total. The van der Waals surface area contributed by atoms with E-state index in [0.29, 0.717) is 0 Å². The van der Waals surface area contributed by atoms with E-state index >= 15 is 0 Å². The van der Waals surface area contributed by atoms with E-state index in [2.05, 4.69) is 0 Å². The van der Waals surface area contributed by atoms with Crippen LogP contribution in [-0.4, -0.2) is 23.7 Å². The molecule has 1 rings (SSSR count). The summed E-state index contributed by atoms with van der Waals surface area (Å²) in [7, 11) is -3.17. The van der Waals surface area contributed by atoms with Crippen LogP contribution in [0.4, 0.5) is 0 Å². The highest BCUT2D eigenvalue weighted by molar-refractivity contribution is 14.1. The fourth-order valence-electron chi connectivity index (χ4n) is 0.764. The molecule has 11 heavy (non-hydrogen) atoms. The van der Waals surface area contributed by atoms with Gasteiger partial charge in [0.15, 0.2) is 18.9 Å². The van der Waals surface area contributed by atoms with Crippen molar-refractivity contribution in [2.24, 2.45) is 5.92 Å². The maximum Gasteiger partial charge on any atom is 0.170 e. The second-order valence-electron chi connectivity index (χ2n) is 2.82. The zero-order valence-corrected chi connectivity index (χ0v) is 9.05. The molecule has 3 nitrogen and oxygen atoms in total. The topological polar surface area (TPSA) is 51.2 Å². The minimum atomic E-state index is -3.17. The summed E-state index contributed by atoms with van der Waals surface area (Å²) in [6.07, 6.45) is 2.84. The highest BCUT2D eigenvalue weighted by Gasteiger charge is 2.37. The highest BCUT2D eigenvalue weighted by Crippen LogP contribution is 2.33. The van der Waals surface area contributed by atoms with Crippen LogP contribution in [0.1, 0.15) is 12.8 Å². The van der Waals surface area contributed by atoms with E-state index in [0.717, 1.165) is 19.1 Å². The Balaban J connectivity index is 2.67. The van der Waals surface area contributed by atoms with Crippen LogP contribution in [0.3, 0.4) is 0 Å². The number of hydrogen-bond donors (Lipinski definition) is 0. The SMILES string of the molecule is CS(=O)(=O)C(I)C(=O)C1CC1. The van der Waals surface area contributed by atoms with Crippen molar-refractivity contribution >= 4 is 38.2 Å². The molecule has 1 aliphatic rings. The molecular formula is C6H9IO3S. The van der Waals surface area contributed by atoms with Gasteiger partial charge in [-0.3, -0.25) is 4.79 Å². The minimum Gasteiger partial charge on any atom is -0.297 e. The average Bonchev–Trinajstić information content (AvgIpc) is 2.63. The van der Waals surface area contributed by atoms with Crippen LogP contribution in [0.5, 0.6) is 0 Å². The summed E-state index contributed by atoms with van der Waals surface area (Å²) in [5, 5.41) is 0. The molecule has 0 bridgehead atoms. The van der Waals surface area contributed by atoms with Crippen LogP contribution in [-0.2, 0) is 14.6 Å². The average molecular weight is 288 g/mol. The van der Waals surface area contributed by atoms with Gasteiger partial charge in [-0.1, -0.05) is 22.6 Å². The smallest absolute Gasteiger partial charge is 0.170 e. The van der Waals surface area contributed by atoms with Gasteiger partial charge < -0.3 is 0 Å². The quantitative estimate of drug-likeness (QED) is 0.569. The van der Waals surface area contributed by atoms with Crippen LogP contribution >= 0.6 is 22.6 Å². The molecule has 1 unspecified atom stereocenters. The van der Waals surface area contributed by atoms with Crippen LogP contribution in [0, 0.1) is 5.92 Å². The Labute approximate surface area is 79.6 Å². The molecular weight excluding hydrogens is 279 g/mol. The first-order chi connectivity index (χ1) is 4.93. The molecule has 0 aromatic heterocycles. The maximum atomic E-state index is 11.2. The lowest BCUT2D eigenvalue weighted by Gasteiger charge is -2.03. The summed E-state index contributed by atoms with van der Waals surface area (Å²) in [4.78, 5) is 11.2. The number of ketones is 1. The van der Waals surface area contributed by atoms with Gasteiger partial charge in [0.25, 0.3) is 0 Å². The van der Waals surface area contributed by atoms with E-state index in [9.17, 15) is 13.2 Å². The normalized spacial score (nSPS) is 21.3. The summed E-state index contributed by atoms with van der Waals surface area (Å²) in [5.41, 5.74) is 0. The number of alkyl halides is 1. The number of halogens is 1. The molecule has 5 heteroatoms. The minimum absolute atomic E-state index is 0.0339. The second-order valence-corrected chi connectivity index (χ2v) is 7.04. The van der Waals surface area contributed by atoms with Crippen molar-refractivity contribution in [1.82, 2.24) is 0 Å². The van der Waals surface area contributed by atoms with Gasteiger partial charge in [0.2, 0.25) is 0 Å². The lowest BCUT2D eigenvalue weighted by atomic mass is 10.3. The van der Waals surface area contributed by atoms with Crippen LogP contribution in [0.2, 0.25) is 0 Å². The summed E-state index contributed by atoms with van der Waals surface area (Å²) >= 11 is 1.69. The molecule has 0 amide bonds. The number of hydrogen-bond acceptors (Lipinski definition) is 3. The van der Waals surface area contributed by atoms with Gasteiger partial charge in [-0.15, -0.1) is 0 Å². The Bertz CT molecular complexity index is 266. The number of Topliss-reactive ketones (excluding diaryl/α,β-unsaturated/α-hetero) is 1. The third-order valence-electron chi connectivity index (χ3n) is 1.58. The third kappa shape index (κ3) is 2.40. The predicted octanol–water partition coefficient (Wildman–Crippen LogP) is 0.771. The summed E-state index contributed by atoms with van der Waals surface area (Å²) < 4.78 is 20.9. The Kier molecular flexibility index (Phi) is 2.58. The fraction of sp³-hybridized carbons (Fsp3) is 0.833. The molecule has 1 aliphatic carbocycles. The molecule has 0 spiro atoms. The number of rotatable bonds is 3. The van der Waals surface area contributed by atoms with Gasteiger partial charge in [0, 0.05) is 12.2 Å². The lowest BCUT2D eigenvalue weighted by molar-refractivity contribution is -0.118. The molecule has 1 fully saturated rings. The van der Waals surface area contributed by atoms with Crippen LogP contribution in [0.25, 0.3) is 0 Å². The van der Waals surface area contributed by atoms with Gasteiger partial charge in [-0.25, -0.2) is 8.42 Å². The van der Waals surface area contributed by atoms with Crippen molar-refractivity contribution in [3.63, 3.8) is 0 Å². The van der Waals surface area contributed by atoms with Gasteiger partial charge in [0.05, 0.1) is 0 Å². The van der Waals surface area contributed by atoms with Crippen LogP contribution in [0.15, 0.2) is 0 Å². The van der Waals surface area contributed by atoms with Crippen molar-refractivity contribution < 1.29 is 13.2 Å². The molecule has 0 saturated heterocycles. The number of sulfone groups is 1. The summed E-state index contributed by atoms with van der Waals surface area (Å²) in [5.74, 6) is -0.0836. The van der Waals surface area contributed by atoms with Gasteiger partial charge >= 0.3 is 0 Å². The first-order valence-corrected chi connectivity index (χ1v) is 6.49. The number of carbonyl (C=O) groups excluding carboxylic acids is 1. The molecule has 0 aromatic carbocycles. The molecule has 64 valence electrons. The summed E-state index contributed by atoms with van der Waals surface area (Å²) in [6, 6.07) is 0. The predicted molar refractivity (Wildman–Crippen MR) is 50.4 cm³/mol. The first kappa shape index (κ1) is 9.44.